The maximum Gasteiger partial charge on any atom is 0.240 e. The molecule has 0 radical (unpaired) electrons. The molecular weight excluding hydrogens is 323 g/mol. The van der Waals surface area contributed by atoms with Crippen molar-refractivity contribution < 1.29 is 18.8 Å². The molecule has 0 saturated carbocycles. The highest BCUT2D eigenvalue weighted by Gasteiger charge is 2.53. The van der Waals surface area contributed by atoms with E-state index >= 15 is 0 Å². The molecule has 3 rings (SSSR count). The van der Waals surface area contributed by atoms with Crippen molar-refractivity contribution in [1.29, 1.82) is 0 Å². The number of likely N-dealkylation sites (N-methyl/N-ethyl adjacent to an activating group) is 1. The van der Waals surface area contributed by atoms with Crippen LogP contribution in [0.3, 0.4) is 0 Å². The van der Waals surface area contributed by atoms with Crippen LogP contribution in [0, 0.1) is 11.7 Å². The lowest BCUT2D eigenvalue weighted by Crippen LogP contribution is -2.45. The number of piperidine rings is 1. The third-order valence-electron chi connectivity index (χ3n) is 5.38. The Balaban J connectivity index is 1.94. The van der Waals surface area contributed by atoms with Crippen LogP contribution in [0.4, 0.5) is 4.39 Å². The topological polar surface area (TPSA) is 57.7 Å². The number of halogens is 1. The first-order valence-electron chi connectivity index (χ1n) is 8.68. The molecule has 0 aromatic heterocycles. The van der Waals surface area contributed by atoms with E-state index in [-0.39, 0.29) is 24.7 Å². The lowest BCUT2D eigenvalue weighted by Gasteiger charge is -2.34. The van der Waals surface area contributed by atoms with E-state index in [4.69, 9.17) is 0 Å². The summed E-state index contributed by atoms with van der Waals surface area (Å²) in [5, 5.41) is 0. The number of hydrogen-bond acceptors (Lipinski definition) is 3. The number of hydrogen-bond donors (Lipinski definition) is 0. The van der Waals surface area contributed by atoms with Gasteiger partial charge in [-0.15, -0.1) is 0 Å². The van der Waals surface area contributed by atoms with E-state index in [1.165, 1.54) is 25.2 Å². The molecule has 0 spiro atoms. The van der Waals surface area contributed by atoms with Crippen molar-refractivity contribution in [2.45, 2.75) is 38.0 Å². The predicted octanol–water partition coefficient (Wildman–Crippen LogP) is 2.10. The fourth-order valence-corrected chi connectivity index (χ4v) is 3.92. The summed E-state index contributed by atoms with van der Waals surface area (Å²) in [5.41, 5.74) is -0.903. The Morgan fingerprint density at radius 3 is 2.72 bits per heavy atom. The van der Waals surface area contributed by atoms with Gasteiger partial charge >= 0.3 is 0 Å². The molecule has 134 valence electrons. The van der Waals surface area contributed by atoms with Crippen molar-refractivity contribution in [1.82, 2.24) is 9.80 Å². The fraction of sp³-hybridized carbons (Fsp3) is 0.526. The SMILES string of the molecule is C[C@H]1CCCN(C(=O)C[C@@]2(c3cccc(F)c3)CC(=O)N(C)C2=O)C1. The minimum atomic E-state index is -1.30. The van der Waals surface area contributed by atoms with E-state index < -0.39 is 17.1 Å². The Hall–Kier alpha value is -2.24. The minimum Gasteiger partial charge on any atom is -0.342 e. The summed E-state index contributed by atoms with van der Waals surface area (Å²) in [5.74, 6) is -0.972. The number of amides is 3. The summed E-state index contributed by atoms with van der Waals surface area (Å²) in [7, 11) is 1.42. The smallest absolute Gasteiger partial charge is 0.240 e. The molecule has 0 bridgehead atoms. The number of rotatable bonds is 3. The normalized spacial score (nSPS) is 27.1. The monoisotopic (exact) mass is 346 g/mol. The van der Waals surface area contributed by atoms with Gasteiger partial charge in [-0.1, -0.05) is 19.1 Å². The van der Waals surface area contributed by atoms with Gasteiger partial charge in [-0.3, -0.25) is 19.3 Å². The molecule has 5 nitrogen and oxygen atoms in total. The maximum atomic E-state index is 13.8. The van der Waals surface area contributed by atoms with E-state index in [1.54, 1.807) is 11.0 Å². The second-order valence-corrected chi connectivity index (χ2v) is 7.29. The van der Waals surface area contributed by atoms with Gasteiger partial charge in [0.05, 0.1) is 5.41 Å². The zero-order chi connectivity index (χ0) is 18.2. The van der Waals surface area contributed by atoms with E-state index in [9.17, 15) is 18.8 Å². The largest absolute Gasteiger partial charge is 0.342 e. The highest BCUT2D eigenvalue weighted by Crippen LogP contribution is 2.40. The van der Waals surface area contributed by atoms with Gasteiger partial charge in [0.15, 0.2) is 0 Å². The quantitative estimate of drug-likeness (QED) is 0.788. The zero-order valence-electron chi connectivity index (χ0n) is 14.6. The molecule has 1 aromatic carbocycles. The zero-order valence-corrected chi connectivity index (χ0v) is 14.6. The standard InChI is InChI=1S/C19H23FN2O3/c1-13-5-4-8-22(12-13)17(24)11-19(10-16(23)21(2)18(19)25)14-6-3-7-15(20)9-14/h3,6-7,9,13H,4-5,8,10-12H2,1-2H3/t13-,19+/m0/s1. The van der Waals surface area contributed by atoms with Crippen LogP contribution in [0.25, 0.3) is 0 Å². The van der Waals surface area contributed by atoms with Crippen LogP contribution in [0.1, 0.15) is 38.2 Å². The van der Waals surface area contributed by atoms with Gasteiger partial charge in [0, 0.05) is 33.0 Å². The van der Waals surface area contributed by atoms with Gasteiger partial charge in [-0.2, -0.15) is 0 Å². The van der Waals surface area contributed by atoms with Crippen molar-refractivity contribution in [2.75, 3.05) is 20.1 Å². The van der Waals surface area contributed by atoms with E-state index in [0.29, 0.717) is 24.6 Å². The lowest BCUT2D eigenvalue weighted by molar-refractivity contribution is -0.142. The highest BCUT2D eigenvalue weighted by molar-refractivity contribution is 6.10. The van der Waals surface area contributed by atoms with Crippen LogP contribution < -0.4 is 0 Å². The van der Waals surface area contributed by atoms with Gasteiger partial charge < -0.3 is 4.90 Å². The molecule has 2 atom stereocenters. The summed E-state index contributed by atoms with van der Waals surface area (Å²) < 4.78 is 13.8. The Morgan fingerprint density at radius 1 is 1.36 bits per heavy atom. The average Bonchev–Trinajstić information content (AvgIpc) is 2.80. The van der Waals surface area contributed by atoms with Crippen molar-refractivity contribution >= 4 is 17.7 Å². The number of nitrogens with zero attached hydrogens (tertiary/aromatic N) is 2. The molecule has 2 fully saturated rings. The maximum absolute atomic E-state index is 13.8. The predicted molar refractivity (Wildman–Crippen MR) is 90.1 cm³/mol. The molecular formula is C19H23FN2O3. The minimum absolute atomic E-state index is 0.0963. The van der Waals surface area contributed by atoms with Crippen molar-refractivity contribution in [3.63, 3.8) is 0 Å². The molecule has 0 aliphatic carbocycles. The summed E-state index contributed by atoms with van der Waals surface area (Å²) in [4.78, 5) is 40.7. The van der Waals surface area contributed by atoms with Crippen LogP contribution in [-0.4, -0.2) is 47.7 Å². The Bertz CT molecular complexity index is 720. The molecule has 1 aromatic rings. The van der Waals surface area contributed by atoms with Crippen molar-refractivity contribution in [2.24, 2.45) is 5.92 Å². The molecule has 0 N–H and O–H groups in total. The molecule has 6 heteroatoms. The van der Waals surface area contributed by atoms with Crippen molar-refractivity contribution in [3.05, 3.63) is 35.6 Å². The Kier molecular flexibility index (Phi) is 4.62. The summed E-state index contributed by atoms with van der Waals surface area (Å²) in [6.07, 6.45) is 1.82. The van der Waals surface area contributed by atoms with E-state index in [0.717, 1.165) is 17.7 Å². The summed E-state index contributed by atoms with van der Waals surface area (Å²) >= 11 is 0. The average molecular weight is 346 g/mol. The number of imide groups is 1. The molecule has 2 aliphatic rings. The number of carbonyl (C=O) groups is 3. The van der Waals surface area contributed by atoms with Crippen LogP contribution in [0.2, 0.25) is 0 Å². The number of carbonyl (C=O) groups excluding carboxylic acids is 3. The van der Waals surface area contributed by atoms with Crippen LogP contribution in [-0.2, 0) is 19.8 Å². The third-order valence-corrected chi connectivity index (χ3v) is 5.38. The first-order chi connectivity index (χ1) is 11.8. The molecule has 2 aliphatic heterocycles. The van der Waals surface area contributed by atoms with Gasteiger partial charge in [0.25, 0.3) is 0 Å². The lowest BCUT2D eigenvalue weighted by atomic mass is 9.75. The summed E-state index contributed by atoms with van der Waals surface area (Å²) in [6, 6.07) is 5.68. The van der Waals surface area contributed by atoms with Crippen LogP contribution in [0.15, 0.2) is 24.3 Å². The van der Waals surface area contributed by atoms with Gasteiger partial charge in [-0.25, -0.2) is 4.39 Å². The fourth-order valence-electron chi connectivity index (χ4n) is 3.92. The first kappa shape index (κ1) is 17.6. The Morgan fingerprint density at radius 2 is 2.12 bits per heavy atom. The van der Waals surface area contributed by atoms with Gasteiger partial charge in [0.2, 0.25) is 17.7 Å². The summed E-state index contributed by atoms with van der Waals surface area (Å²) in [6.45, 7) is 3.43. The number of benzene rings is 1. The van der Waals surface area contributed by atoms with Gasteiger partial charge in [0.1, 0.15) is 5.82 Å². The third kappa shape index (κ3) is 3.17. The van der Waals surface area contributed by atoms with Crippen LogP contribution >= 0.6 is 0 Å². The Labute approximate surface area is 146 Å². The molecule has 25 heavy (non-hydrogen) atoms. The molecule has 2 heterocycles. The molecule has 3 amide bonds. The van der Waals surface area contributed by atoms with E-state index in [2.05, 4.69) is 6.92 Å². The molecule has 0 unspecified atom stereocenters. The second-order valence-electron chi connectivity index (χ2n) is 7.29. The highest BCUT2D eigenvalue weighted by atomic mass is 19.1. The first-order valence-corrected chi connectivity index (χ1v) is 8.68. The van der Waals surface area contributed by atoms with Crippen LogP contribution in [0.5, 0.6) is 0 Å². The van der Waals surface area contributed by atoms with Crippen molar-refractivity contribution in [3.8, 4) is 0 Å². The van der Waals surface area contributed by atoms with E-state index in [1.807, 2.05) is 0 Å². The second kappa shape index (κ2) is 6.58. The molecule has 2 saturated heterocycles. The van der Waals surface area contributed by atoms with Gasteiger partial charge in [-0.05, 0) is 36.5 Å². The number of likely N-dealkylation sites (tertiary alicyclic amines) is 2.